The smallest absolute Gasteiger partial charge is 0.317 e. The lowest BCUT2D eigenvalue weighted by Crippen LogP contribution is -2.42. The van der Waals surface area contributed by atoms with E-state index in [1.807, 2.05) is 0 Å². The third-order valence-corrected chi connectivity index (χ3v) is 6.56. The number of para-hydroxylation sites is 2. The maximum Gasteiger partial charge on any atom is 0.317 e. The molecule has 0 radical (unpaired) electrons. The second-order valence-corrected chi connectivity index (χ2v) is 9.40. The molecule has 39 heavy (non-hydrogen) atoms. The zero-order chi connectivity index (χ0) is 27.5. The number of carbonyl (C=O) groups is 2. The molecule has 2 aromatic carbocycles. The SMILES string of the molecule is Nc1ccccc1NC(=O)c1ccc(CN(CCCN2CCOCC2)C(=O)NCCc2ccccc2F)cn1. The molecule has 1 aliphatic rings. The lowest BCUT2D eigenvalue weighted by Gasteiger charge is -2.28. The number of carbonyl (C=O) groups excluding carboxylic acids is 2. The summed E-state index contributed by atoms with van der Waals surface area (Å²) in [4.78, 5) is 34.1. The summed E-state index contributed by atoms with van der Waals surface area (Å²) in [6.45, 7) is 5.27. The van der Waals surface area contributed by atoms with Gasteiger partial charge in [-0.1, -0.05) is 36.4 Å². The van der Waals surface area contributed by atoms with E-state index < -0.39 is 0 Å². The number of rotatable bonds is 11. The standard InChI is InChI=1S/C29H35FN6O3/c30-24-7-2-1-6-23(24)12-13-32-29(38)36(15-5-14-35-16-18-39-19-17-35)21-22-10-11-27(33-20-22)28(37)34-26-9-4-3-8-25(26)31/h1-4,6-11,20H,5,12-19,21,31H2,(H,32,38)(H,34,37). The Morgan fingerprint density at radius 3 is 2.56 bits per heavy atom. The first-order valence-corrected chi connectivity index (χ1v) is 13.2. The molecule has 3 aromatic rings. The van der Waals surface area contributed by atoms with Crippen molar-refractivity contribution in [3.05, 3.63) is 89.5 Å². The minimum Gasteiger partial charge on any atom is -0.397 e. The van der Waals surface area contributed by atoms with E-state index in [0.717, 1.165) is 44.8 Å². The fraction of sp³-hybridized carbons (Fsp3) is 0.345. The van der Waals surface area contributed by atoms with Crippen molar-refractivity contribution in [3.63, 3.8) is 0 Å². The molecule has 0 atom stereocenters. The highest BCUT2D eigenvalue weighted by Gasteiger charge is 2.17. The molecule has 2 heterocycles. The van der Waals surface area contributed by atoms with E-state index in [9.17, 15) is 14.0 Å². The first-order chi connectivity index (χ1) is 19.0. The zero-order valence-corrected chi connectivity index (χ0v) is 21.9. The Morgan fingerprint density at radius 2 is 1.82 bits per heavy atom. The van der Waals surface area contributed by atoms with Gasteiger partial charge in [0.1, 0.15) is 11.5 Å². The number of aromatic nitrogens is 1. The Bertz CT molecular complexity index is 1230. The Morgan fingerprint density at radius 1 is 1.05 bits per heavy atom. The van der Waals surface area contributed by atoms with Gasteiger partial charge in [-0.3, -0.25) is 14.7 Å². The second kappa shape index (κ2) is 14.2. The number of urea groups is 1. The molecule has 0 spiro atoms. The van der Waals surface area contributed by atoms with Gasteiger partial charge >= 0.3 is 6.03 Å². The largest absolute Gasteiger partial charge is 0.397 e. The molecule has 10 heteroatoms. The quantitative estimate of drug-likeness (QED) is 0.325. The molecular weight excluding hydrogens is 499 g/mol. The van der Waals surface area contributed by atoms with Crippen LogP contribution in [0.3, 0.4) is 0 Å². The van der Waals surface area contributed by atoms with Crippen molar-refractivity contribution in [3.8, 4) is 0 Å². The van der Waals surface area contributed by atoms with Crippen molar-refractivity contribution in [2.45, 2.75) is 19.4 Å². The molecule has 0 bridgehead atoms. The van der Waals surface area contributed by atoms with Crippen LogP contribution in [0.1, 0.15) is 28.0 Å². The number of nitrogens with two attached hydrogens (primary N) is 1. The predicted octanol–water partition coefficient (Wildman–Crippen LogP) is 3.53. The van der Waals surface area contributed by atoms with Crippen molar-refractivity contribution in [2.75, 3.05) is 57.0 Å². The molecule has 1 aliphatic heterocycles. The molecule has 0 aliphatic carbocycles. The molecule has 0 unspecified atom stereocenters. The van der Waals surface area contributed by atoms with E-state index >= 15 is 0 Å². The monoisotopic (exact) mass is 534 g/mol. The zero-order valence-electron chi connectivity index (χ0n) is 21.9. The van der Waals surface area contributed by atoms with E-state index in [1.54, 1.807) is 65.7 Å². The maximum atomic E-state index is 14.0. The van der Waals surface area contributed by atoms with Gasteiger partial charge in [0.2, 0.25) is 0 Å². The number of halogens is 1. The molecule has 206 valence electrons. The Kier molecular flexibility index (Phi) is 10.2. The van der Waals surface area contributed by atoms with Gasteiger partial charge in [0.15, 0.2) is 0 Å². The van der Waals surface area contributed by atoms with E-state index in [2.05, 4.69) is 20.5 Å². The van der Waals surface area contributed by atoms with Gasteiger partial charge in [0.25, 0.3) is 5.91 Å². The van der Waals surface area contributed by atoms with E-state index in [-0.39, 0.29) is 23.4 Å². The number of nitrogens with zero attached hydrogens (tertiary/aromatic N) is 3. The van der Waals surface area contributed by atoms with Crippen molar-refractivity contribution in [1.29, 1.82) is 0 Å². The number of hydrogen-bond acceptors (Lipinski definition) is 6. The molecule has 3 amide bonds. The molecule has 0 saturated carbocycles. The van der Waals surface area contributed by atoms with Gasteiger partial charge in [-0.15, -0.1) is 0 Å². The van der Waals surface area contributed by atoms with E-state index in [1.165, 1.54) is 6.07 Å². The summed E-state index contributed by atoms with van der Waals surface area (Å²) < 4.78 is 19.4. The number of nitrogens with one attached hydrogen (secondary N) is 2. The van der Waals surface area contributed by atoms with Crippen molar-refractivity contribution in [2.24, 2.45) is 0 Å². The van der Waals surface area contributed by atoms with Crippen LogP contribution in [-0.2, 0) is 17.7 Å². The van der Waals surface area contributed by atoms with Crippen LogP contribution < -0.4 is 16.4 Å². The highest BCUT2D eigenvalue weighted by Crippen LogP contribution is 2.18. The van der Waals surface area contributed by atoms with E-state index in [4.69, 9.17) is 10.5 Å². The average Bonchev–Trinajstić information content (AvgIpc) is 2.95. The molecule has 1 fully saturated rings. The summed E-state index contributed by atoms with van der Waals surface area (Å²) in [5, 5.41) is 5.68. The van der Waals surface area contributed by atoms with Gasteiger partial charge in [-0.2, -0.15) is 0 Å². The summed E-state index contributed by atoms with van der Waals surface area (Å²) >= 11 is 0. The molecule has 4 N–H and O–H groups in total. The normalized spacial score (nSPS) is 13.6. The van der Waals surface area contributed by atoms with Crippen LogP contribution in [0.2, 0.25) is 0 Å². The lowest BCUT2D eigenvalue weighted by atomic mass is 10.1. The van der Waals surface area contributed by atoms with Crippen LogP contribution in [0, 0.1) is 5.82 Å². The summed E-state index contributed by atoms with van der Waals surface area (Å²) in [5.41, 5.74) is 8.50. The number of ether oxygens (including phenoxy) is 1. The fourth-order valence-electron chi connectivity index (χ4n) is 4.35. The first kappa shape index (κ1) is 28.0. The van der Waals surface area contributed by atoms with Crippen molar-refractivity contribution < 1.29 is 18.7 Å². The number of amides is 3. The number of hydrogen-bond donors (Lipinski definition) is 3. The predicted molar refractivity (Wildman–Crippen MR) is 149 cm³/mol. The average molecular weight is 535 g/mol. The van der Waals surface area contributed by atoms with Crippen LogP contribution in [0.25, 0.3) is 0 Å². The number of pyridine rings is 1. The highest BCUT2D eigenvalue weighted by atomic mass is 19.1. The van der Waals surface area contributed by atoms with Gasteiger partial charge in [0, 0.05) is 45.5 Å². The minimum atomic E-state index is -0.368. The van der Waals surface area contributed by atoms with Gasteiger partial charge in [-0.25, -0.2) is 9.18 Å². The summed E-state index contributed by atoms with van der Waals surface area (Å²) in [6, 6.07) is 16.8. The maximum absolute atomic E-state index is 14.0. The summed E-state index contributed by atoms with van der Waals surface area (Å²) in [6.07, 6.45) is 2.80. The summed E-state index contributed by atoms with van der Waals surface area (Å²) in [7, 11) is 0. The van der Waals surface area contributed by atoms with Gasteiger partial charge in [-0.05, 0) is 48.2 Å². The highest BCUT2D eigenvalue weighted by molar-refractivity contribution is 6.04. The lowest BCUT2D eigenvalue weighted by molar-refractivity contribution is 0.0364. The third kappa shape index (κ3) is 8.49. The van der Waals surface area contributed by atoms with Crippen LogP contribution >= 0.6 is 0 Å². The van der Waals surface area contributed by atoms with Crippen LogP contribution in [-0.4, -0.2) is 72.7 Å². The Hall–Kier alpha value is -4.02. The van der Waals surface area contributed by atoms with E-state index in [0.29, 0.717) is 43.0 Å². The number of anilines is 2. The Balaban J connectivity index is 1.35. The first-order valence-electron chi connectivity index (χ1n) is 13.2. The van der Waals surface area contributed by atoms with Crippen molar-refractivity contribution >= 4 is 23.3 Å². The number of morpholine rings is 1. The van der Waals surface area contributed by atoms with Crippen LogP contribution in [0.15, 0.2) is 66.9 Å². The number of nitrogen functional groups attached to an aromatic ring is 1. The number of benzene rings is 2. The molecular formula is C29H35FN6O3. The second-order valence-electron chi connectivity index (χ2n) is 9.40. The van der Waals surface area contributed by atoms with Crippen molar-refractivity contribution in [1.82, 2.24) is 20.1 Å². The third-order valence-electron chi connectivity index (χ3n) is 6.56. The van der Waals surface area contributed by atoms with Crippen LogP contribution in [0.5, 0.6) is 0 Å². The van der Waals surface area contributed by atoms with Gasteiger partial charge < -0.3 is 26.0 Å². The molecule has 1 aromatic heterocycles. The van der Waals surface area contributed by atoms with Crippen LogP contribution in [0.4, 0.5) is 20.6 Å². The Labute approximate surface area is 228 Å². The molecule has 9 nitrogen and oxygen atoms in total. The fourth-order valence-corrected chi connectivity index (χ4v) is 4.35. The molecule has 1 saturated heterocycles. The summed E-state index contributed by atoms with van der Waals surface area (Å²) in [5.74, 6) is -0.646. The topological polar surface area (TPSA) is 113 Å². The minimum absolute atomic E-state index is 0.227. The van der Waals surface area contributed by atoms with Gasteiger partial charge in [0.05, 0.1) is 24.6 Å². The molecule has 4 rings (SSSR count).